The van der Waals surface area contributed by atoms with Gasteiger partial charge in [0.1, 0.15) is 0 Å². The molecule has 2 rings (SSSR count). The quantitative estimate of drug-likeness (QED) is 0.733. The van der Waals surface area contributed by atoms with Gasteiger partial charge in [-0.05, 0) is 36.5 Å². The van der Waals surface area contributed by atoms with Gasteiger partial charge in [-0.1, -0.05) is 25.3 Å². The second kappa shape index (κ2) is 6.10. The van der Waals surface area contributed by atoms with Gasteiger partial charge in [0.2, 0.25) is 0 Å². The fraction of sp³-hybridized carbons (Fsp3) is 0.600. The van der Waals surface area contributed by atoms with Crippen LogP contribution >= 0.6 is 0 Å². The molecule has 1 atom stereocenters. The summed E-state index contributed by atoms with van der Waals surface area (Å²) in [6.07, 6.45) is -5.46. The van der Waals surface area contributed by atoms with Crippen molar-refractivity contribution < 1.29 is 26.3 Å². The molecule has 0 spiro atoms. The summed E-state index contributed by atoms with van der Waals surface area (Å²) in [6.45, 7) is 0. The number of nitrogens with two attached hydrogens (primary N) is 1. The van der Waals surface area contributed by atoms with Crippen LogP contribution in [0, 0.1) is 5.92 Å². The van der Waals surface area contributed by atoms with E-state index in [1.807, 2.05) is 0 Å². The second-order valence-corrected chi connectivity index (χ2v) is 5.72. The summed E-state index contributed by atoms with van der Waals surface area (Å²) >= 11 is 0. The Morgan fingerprint density at radius 2 is 1.50 bits per heavy atom. The first kappa shape index (κ1) is 17.1. The van der Waals surface area contributed by atoms with Crippen LogP contribution in [0.4, 0.5) is 26.3 Å². The molecule has 2 N–H and O–H groups in total. The molecule has 0 bridgehead atoms. The van der Waals surface area contributed by atoms with Crippen LogP contribution in [0.15, 0.2) is 18.2 Å². The summed E-state index contributed by atoms with van der Waals surface area (Å²) in [5.41, 5.74) is 3.12. The molecule has 0 heterocycles. The molecular weight excluding hydrogens is 308 g/mol. The molecule has 1 fully saturated rings. The predicted octanol–water partition coefficient (Wildman–Crippen LogP) is 5.30. The van der Waals surface area contributed by atoms with Gasteiger partial charge >= 0.3 is 12.4 Å². The van der Waals surface area contributed by atoms with E-state index in [-0.39, 0.29) is 17.5 Å². The first-order chi connectivity index (χ1) is 10.1. The highest BCUT2D eigenvalue weighted by atomic mass is 19.4. The SMILES string of the molecule is N[C@@H](c1ccc(C(F)(F)F)cc1C(F)(F)F)C1CCCCC1. The fourth-order valence-electron chi connectivity index (χ4n) is 3.02. The van der Waals surface area contributed by atoms with E-state index in [9.17, 15) is 26.3 Å². The number of rotatable bonds is 2. The molecule has 0 saturated heterocycles. The molecule has 1 aliphatic carbocycles. The zero-order valence-corrected chi connectivity index (χ0v) is 11.8. The minimum absolute atomic E-state index is 0.119. The van der Waals surface area contributed by atoms with Crippen LogP contribution in [-0.2, 0) is 12.4 Å². The average molecular weight is 325 g/mol. The largest absolute Gasteiger partial charge is 0.416 e. The summed E-state index contributed by atoms with van der Waals surface area (Å²) in [6, 6.07) is 0.829. The third-order valence-corrected chi connectivity index (χ3v) is 4.20. The lowest BCUT2D eigenvalue weighted by molar-refractivity contribution is -0.143. The van der Waals surface area contributed by atoms with Gasteiger partial charge in [0, 0.05) is 6.04 Å². The van der Waals surface area contributed by atoms with Crippen molar-refractivity contribution in [2.45, 2.75) is 50.5 Å². The van der Waals surface area contributed by atoms with Crippen molar-refractivity contribution >= 4 is 0 Å². The van der Waals surface area contributed by atoms with Gasteiger partial charge in [0.05, 0.1) is 11.1 Å². The van der Waals surface area contributed by atoms with Gasteiger partial charge in [-0.25, -0.2) is 0 Å². The summed E-state index contributed by atoms with van der Waals surface area (Å²) in [7, 11) is 0. The third-order valence-electron chi connectivity index (χ3n) is 4.20. The van der Waals surface area contributed by atoms with Gasteiger partial charge in [0.25, 0.3) is 0 Å². The molecule has 1 aliphatic rings. The summed E-state index contributed by atoms with van der Waals surface area (Å²) in [4.78, 5) is 0. The number of halogens is 6. The summed E-state index contributed by atoms with van der Waals surface area (Å²) in [5, 5.41) is 0. The smallest absolute Gasteiger partial charge is 0.324 e. The molecule has 7 heteroatoms. The van der Waals surface area contributed by atoms with Gasteiger partial charge in [-0.15, -0.1) is 0 Å². The third kappa shape index (κ3) is 3.74. The summed E-state index contributed by atoms with van der Waals surface area (Å²) < 4.78 is 77.3. The minimum Gasteiger partial charge on any atom is -0.324 e. The van der Waals surface area contributed by atoms with Gasteiger partial charge in [0.15, 0.2) is 0 Å². The zero-order chi connectivity index (χ0) is 16.5. The van der Waals surface area contributed by atoms with E-state index in [1.54, 1.807) is 0 Å². The van der Waals surface area contributed by atoms with E-state index in [0.29, 0.717) is 18.9 Å². The van der Waals surface area contributed by atoms with Crippen LogP contribution < -0.4 is 5.73 Å². The normalized spacial score (nSPS) is 19.2. The van der Waals surface area contributed by atoms with E-state index in [2.05, 4.69) is 0 Å². The Morgan fingerprint density at radius 1 is 0.909 bits per heavy atom. The van der Waals surface area contributed by atoms with Crippen molar-refractivity contribution in [1.29, 1.82) is 0 Å². The monoisotopic (exact) mass is 325 g/mol. The molecule has 1 saturated carbocycles. The highest BCUT2D eigenvalue weighted by molar-refractivity contribution is 5.37. The highest BCUT2D eigenvalue weighted by Crippen LogP contribution is 2.42. The summed E-state index contributed by atoms with van der Waals surface area (Å²) in [5.74, 6) is -0.119. The molecule has 1 aromatic rings. The Bertz CT molecular complexity index is 514. The Labute approximate surface area is 124 Å². The van der Waals surface area contributed by atoms with E-state index in [0.717, 1.165) is 25.3 Å². The van der Waals surface area contributed by atoms with Crippen LogP contribution in [0.25, 0.3) is 0 Å². The Balaban J connectivity index is 2.41. The standard InChI is InChI=1S/C15H17F6N/c16-14(17,18)10-6-7-11(12(8-10)15(19,20)21)13(22)9-4-2-1-3-5-9/h6-9,13H,1-5,22H2/t13-/m1/s1. The van der Waals surface area contributed by atoms with E-state index in [4.69, 9.17) is 5.73 Å². The van der Waals surface area contributed by atoms with E-state index < -0.39 is 29.5 Å². The van der Waals surface area contributed by atoms with Crippen molar-refractivity contribution in [3.63, 3.8) is 0 Å². The number of alkyl halides is 6. The van der Waals surface area contributed by atoms with Crippen LogP contribution in [0.1, 0.15) is 54.8 Å². The fourth-order valence-corrected chi connectivity index (χ4v) is 3.02. The Hall–Kier alpha value is -1.24. The highest BCUT2D eigenvalue weighted by Gasteiger charge is 2.40. The van der Waals surface area contributed by atoms with Crippen LogP contribution in [-0.4, -0.2) is 0 Å². The lowest BCUT2D eigenvalue weighted by atomic mass is 9.80. The predicted molar refractivity (Wildman–Crippen MR) is 69.9 cm³/mol. The molecule has 22 heavy (non-hydrogen) atoms. The van der Waals surface area contributed by atoms with Crippen molar-refractivity contribution in [2.75, 3.05) is 0 Å². The molecule has 0 aliphatic heterocycles. The number of benzene rings is 1. The van der Waals surface area contributed by atoms with Crippen molar-refractivity contribution in [3.8, 4) is 0 Å². The molecule has 0 aromatic heterocycles. The van der Waals surface area contributed by atoms with Crippen LogP contribution in [0.3, 0.4) is 0 Å². The molecule has 124 valence electrons. The number of hydrogen-bond donors (Lipinski definition) is 1. The minimum atomic E-state index is -4.86. The maximum absolute atomic E-state index is 13.1. The second-order valence-electron chi connectivity index (χ2n) is 5.72. The van der Waals surface area contributed by atoms with Crippen molar-refractivity contribution in [1.82, 2.24) is 0 Å². The van der Waals surface area contributed by atoms with Gasteiger partial charge in [-0.2, -0.15) is 26.3 Å². The van der Waals surface area contributed by atoms with Crippen LogP contribution in [0.2, 0.25) is 0 Å². The van der Waals surface area contributed by atoms with Crippen molar-refractivity contribution in [2.24, 2.45) is 11.7 Å². The number of hydrogen-bond acceptors (Lipinski definition) is 1. The average Bonchev–Trinajstić information content (AvgIpc) is 2.45. The maximum Gasteiger partial charge on any atom is 0.416 e. The lowest BCUT2D eigenvalue weighted by Gasteiger charge is -2.29. The van der Waals surface area contributed by atoms with Crippen LogP contribution in [0.5, 0.6) is 0 Å². The topological polar surface area (TPSA) is 26.0 Å². The molecule has 1 nitrogen and oxygen atoms in total. The van der Waals surface area contributed by atoms with Gasteiger partial charge in [-0.3, -0.25) is 0 Å². The zero-order valence-electron chi connectivity index (χ0n) is 11.8. The van der Waals surface area contributed by atoms with Gasteiger partial charge < -0.3 is 5.73 Å². The maximum atomic E-state index is 13.1. The molecule has 0 unspecified atom stereocenters. The Morgan fingerprint density at radius 3 is 2.00 bits per heavy atom. The van der Waals surface area contributed by atoms with E-state index in [1.165, 1.54) is 0 Å². The Kier molecular flexibility index (Phi) is 4.75. The molecular formula is C15H17F6N. The molecule has 1 aromatic carbocycles. The van der Waals surface area contributed by atoms with Crippen molar-refractivity contribution in [3.05, 3.63) is 34.9 Å². The van der Waals surface area contributed by atoms with E-state index >= 15 is 0 Å². The molecule has 0 amide bonds. The first-order valence-electron chi connectivity index (χ1n) is 7.14. The lowest BCUT2D eigenvalue weighted by Crippen LogP contribution is -2.26. The molecule has 0 radical (unpaired) electrons. The first-order valence-corrected chi connectivity index (χ1v) is 7.14.